The fraction of sp³-hybridized carbons (Fsp3) is 0.0500. The highest BCUT2D eigenvalue weighted by molar-refractivity contribution is 6.12. The van der Waals surface area contributed by atoms with Crippen molar-refractivity contribution in [2.24, 2.45) is 0 Å². The van der Waals surface area contributed by atoms with Gasteiger partial charge in [0.1, 0.15) is 11.4 Å². The second kappa shape index (κ2) is 6.27. The molecule has 8 nitrogen and oxygen atoms in total. The Labute approximate surface area is 159 Å². The lowest BCUT2D eigenvalue weighted by atomic mass is 10.0. The third kappa shape index (κ3) is 2.59. The number of nitrogens with zero attached hydrogens (tertiary/aromatic N) is 5. The average Bonchev–Trinajstić information content (AvgIpc) is 3.32. The number of carbonyl (C=O) groups excluding carboxylic acids is 1. The number of pyridine rings is 1. The first kappa shape index (κ1) is 16.1. The van der Waals surface area contributed by atoms with E-state index in [9.17, 15) is 4.79 Å². The third-order valence-corrected chi connectivity index (χ3v) is 4.51. The molecule has 1 aromatic carbocycles. The molecule has 136 valence electrons. The van der Waals surface area contributed by atoms with Gasteiger partial charge in [0.2, 0.25) is 0 Å². The van der Waals surface area contributed by atoms with Crippen LogP contribution in [-0.4, -0.2) is 35.7 Å². The molecule has 1 amide bonds. The van der Waals surface area contributed by atoms with E-state index in [2.05, 4.69) is 30.6 Å². The zero-order chi connectivity index (χ0) is 19.1. The second-order valence-electron chi connectivity index (χ2n) is 6.43. The zero-order valence-electron chi connectivity index (χ0n) is 14.9. The van der Waals surface area contributed by atoms with Crippen LogP contribution in [0.1, 0.15) is 15.9 Å². The van der Waals surface area contributed by atoms with Gasteiger partial charge in [0, 0.05) is 18.6 Å². The summed E-state index contributed by atoms with van der Waals surface area (Å²) >= 11 is 0. The molecule has 0 fully saturated rings. The molecule has 5 aromatic rings. The van der Waals surface area contributed by atoms with Crippen LogP contribution in [0.5, 0.6) is 0 Å². The predicted octanol–water partition coefficient (Wildman–Crippen LogP) is 3.23. The van der Waals surface area contributed by atoms with Crippen LogP contribution < -0.4 is 5.32 Å². The van der Waals surface area contributed by atoms with Crippen molar-refractivity contribution >= 4 is 28.4 Å². The van der Waals surface area contributed by atoms with Crippen molar-refractivity contribution in [3.8, 4) is 11.1 Å². The number of aryl methyl sites for hydroxylation is 1. The molecule has 4 heterocycles. The number of nitrogens with one attached hydrogen (secondary N) is 2. The Morgan fingerprint density at radius 3 is 2.82 bits per heavy atom. The molecule has 0 radical (unpaired) electrons. The van der Waals surface area contributed by atoms with Gasteiger partial charge in [-0.2, -0.15) is 10.2 Å². The molecule has 28 heavy (non-hydrogen) atoms. The molecule has 8 heteroatoms. The van der Waals surface area contributed by atoms with E-state index in [1.54, 1.807) is 16.9 Å². The molecular formula is C20H15N7O. The molecule has 0 atom stereocenters. The number of anilines is 1. The lowest BCUT2D eigenvalue weighted by molar-refractivity contribution is 0.102. The Bertz CT molecular complexity index is 1320. The number of hydrogen-bond donors (Lipinski definition) is 2. The fourth-order valence-electron chi connectivity index (χ4n) is 3.20. The summed E-state index contributed by atoms with van der Waals surface area (Å²) in [5, 5.41) is 15.0. The number of fused-ring (bicyclic) bond motifs is 2. The summed E-state index contributed by atoms with van der Waals surface area (Å²) in [7, 11) is 0. The second-order valence-corrected chi connectivity index (χ2v) is 6.43. The van der Waals surface area contributed by atoms with Gasteiger partial charge in [0.05, 0.1) is 11.6 Å². The van der Waals surface area contributed by atoms with Crippen LogP contribution in [0.15, 0.2) is 61.2 Å². The molecule has 0 unspecified atom stereocenters. The number of rotatable bonds is 3. The quantitative estimate of drug-likeness (QED) is 0.508. The highest BCUT2D eigenvalue weighted by Crippen LogP contribution is 2.31. The molecule has 0 aliphatic rings. The largest absolute Gasteiger partial charge is 0.306 e. The van der Waals surface area contributed by atoms with Crippen LogP contribution in [0.3, 0.4) is 0 Å². The minimum absolute atomic E-state index is 0.320. The van der Waals surface area contributed by atoms with E-state index in [0.717, 1.165) is 22.1 Å². The Kier molecular flexibility index (Phi) is 3.61. The standard InChI is InChI=1S/C20H15N7O/c1-12-9-22-19-15(10-23-27(19)11-12)20(28)24-18-16-14(13-5-3-2-4-6-13)7-8-21-17(16)25-26-18/h2-11H,1H3,(H2,21,24,25,26,28). The molecule has 0 aliphatic heterocycles. The van der Waals surface area contributed by atoms with Crippen LogP contribution in [-0.2, 0) is 0 Å². The number of benzene rings is 1. The first-order valence-corrected chi connectivity index (χ1v) is 8.70. The number of carbonyl (C=O) groups is 1. The van der Waals surface area contributed by atoms with Gasteiger partial charge in [0.15, 0.2) is 11.3 Å². The summed E-state index contributed by atoms with van der Waals surface area (Å²) in [6, 6.07) is 11.8. The van der Waals surface area contributed by atoms with Gasteiger partial charge in [-0.1, -0.05) is 30.3 Å². The van der Waals surface area contributed by atoms with Crippen LogP contribution in [0, 0.1) is 6.92 Å². The van der Waals surface area contributed by atoms with Gasteiger partial charge in [-0.15, -0.1) is 0 Å². The smallest absolute Gasteiger partial charge is 0.262 e. The lowest BCUT2D eigenvalue weighted by Gasteiger charge is -2.06. The van der Waals surface area contributed by atoms with E-state index in [0.29, 0.717) is 22.7 Å². The maximum Gasteiger partial charge on any atom is 0.262 e. The minimum atomic E-state index is -0.320. The number of aromatic nitrogens is 6. The Morgan fingerprint density at radius 2 is 1.96 bits per heavy atom. The molecule has 0 spiro atoms. The number of aromatic amines is 1. The van der Waals surface area contributed by atoms with E-state index < -0.39 is 0 Å². The van der Waals surface area contributed by atoms with Crippen molar-refractivity contribution in [2.75, 3.05) is 5.32 Å². The fourth-order valence-corrected chi connectivity index (χ4v) is 3.20. The van der Waals surface area contributed by atoms with E-state index in [-0.39, 0.29) is 5.91 Å². The Balaban J connectivity index is 1.57. The summed E-state index contributed by atoms with van der Waals surface area (Å²) in [5.41, 5.74) is 4.32. The Morgan fingerprint density at radius 1 is 1.11 bits per heavy atom. The van der Waals surface area contributed by atoms with Crippen molar-refractivity contribution in [1.29, 1.82) is 0 Å². The highest BCUT2D eigenvalue weighted by atomic mass is 16.1. The van der Waals surface area contributed by atoms with Crippen LogP contribution in [0.2, 0.25) is 0 Å². The first-order valence-electron chi connectivity index (χ1n) is 8.70. The summed E-state index contributed by atoms with van der Waals surface area (Å²) in [4.78, 5) is 21.5. The molecule has 5 rings (SSSR count). The van der Waals surface area contributed by atoms with E-state index >= 15 is 0 Å². The van der Waals surface area contributed by atoms with Crippen LogP contribution in [0.25, 0.3) is 27.8 Å². The maximum atomic E-state index is 12.9. The molecule has 4 aromatic heterocycles. The molecular weight excluding hydrogens is 354 g/mol. The summed E-state index contributed by atoms with van der Waals surface area (Å²) in [6.07, 6.45) is 6.74. The predicted molar refractivity (Wildman–Crippen MR) is 105 cm³/mol. The minimum Gasteiger partial charge on any atom is -0.306 e. The number of H-pyrrole nitrogens is 1. The number of amides is 1. The first-order chi connectivity index (χ1) is 13.7. The van der Waals surface area contributed by atoms with Gasteiger partial charge >= 0.3 is 0 Å². The van der Waals surface area contributed by atoms with E-state index in [1.807, 2.05) is 49.5 Å². The summed E-state index contributed by atoms with van der Waals surface area (Å²) in [5.74, 6) is 0.165. The molecule has 2 N–H and O–H groups in total. The lowest BCUT2D eigenvalue weighted by Crippen LogP contribution is -2.12. The summed E-state index contributed by atoms with van der Waals surface area (Å²) in [6.45, 7) is 1.92. The average molecular weight is 369 g/mol. The highest BCUT2D eigenvalue weighted by Gasteiger charge is 2.18. The van der Waals surface area contributed by atoms with E-state index in [1.165, 1.54) is 6.20 Å². The summed E-state index contributed by atoms with van der Waals surface area (Å²) < 4.78 is 1.59. The topological polar surface area (TPSA) is 101 Å². The van der Waals surface area contributed by atoms with Gasteiger partial charge in [-0.25, -0.2) is 14.5 Å². The normalized spacial score (nSPS) is 11.2. The Hall–Kier alpha value is -4.07. The molecule has 0 aliphatic carbocycles. The van der Waals surface area contributed by atoms with Crippen molar-refractivity contribution < 1.29 is 4.79 Å². The SMILES string of the molecule is Cc1cnc2c(C(=O)Nc3[nH]nc4nccc(-c5ccccc5)c34)cnn2c1. The monoisotopic (exact) mass is 369 g/mol. The molecule has 0 saturated carbocycles. The van der Waals surface area contributed by atoms with Gasteiger partial charge in [0.25, 0.3) is 5.91 Å². The van der Waals surface area contributed by atoms with Crippen molar-refractivity contribution in [3.05, 3.63) is 72.3 Å². The van der Waals surface area contributed by atoms with Crippen LogP contribution in [0.4, 0.5) is 5.82 Å². The van der Waals surface area contributed by atoms with Gasteiger partial charge < -0.3 is 5.32 Å². The third-order valence-electron chi connectivity index (χ3n) is 4.51. The number of hydrogen-bond acceptors (Lipinski definition) is 5. The van der Waals surface area contributed by atoms with Crippen molar-refractivity contribution in [2.45, 2.75) is 6.92 Å². The van der Waals surface area contributed by atoms with Crippen molar-refractivity contribution in [1.82, 2.24) is 29.8 Å². The molecule has 0 bridgehead atoms. The van der Waals surface area contributed by atoms with Gasteiger partial charge in [-0.05, 0) is 29.7 Å². The maximum absolute atomic E-state index is 12.9. The zero-order valence-corrected chi connectivity index (χ0v) is 14.9. The van der Waals surface area contributed by atoms with Crippen LogP contribution >= 0.6 is 0 Å². The molecule has 0 saturated heterocycles. The van der Waals surface area contributed by atoms with E-state index in [4.69, 9.17) is 0 Å². The van der Waals surface area contributed by atoms with Gasteiger partial charge in [-0.3, -0.25) is 9.89 Å². The van der Waals surface area contributed by atoms with Crippen molar-refractivity contribution in [3.63, 3.8) is 0 Å².